The molecule has 1 N–H and O–H groups in total. The molecule has 6 nitrogen and oxygen atoms in total. The van der Waals surface area contributed by atoms with E-state index in [0.717, 1.165) is 75.7 Å². The fraction of sp³-hybridized carbons (Fsp3) is 0.552. The molecule has 4 aliphatic rings. The van der Waals surface area contributed by atoms with Crippen molar-refractivity contribution in [1.82, 2.24) is 9.62 Å². The van der Waals surface area contributed by atoms with Gasteiger partial charge in [-0.15, -0.1) is 0 Å². The Labute approximate surface area is 217 Å². The molecule has 1 amide bonds. The Morgan fingerprint density at radius 3 is 2.83 bits per heavy atom. The molecule has 4 atom stereocenters. The minimum absolute atomic E-state index is 0.112. The van der Waals surface area contributed by atoms with Crippen molar-refractivity contribution < 1.29 is 13.7 Å². The molecular formula is C29H39N3O3S. The molecule has 36 heavy (non-hydrogen) atoms. The Morgan fingerprint density at radius 2 is 2.06 bits per heavy atom. The van der Waals surface area contributed by atoms with E-state index < -0.39 is 10.5 Å². The maximum absolute atomic E-state index is 13.8. The molecule has 3 fully saturated rings. The van der Waals surface area contributed by atoms with Gasteiger partial charge in [0, 0.05) is 43.5 Å². The third kappa shape index (κ3) is 4.78. The van der Waals surface area contributed by atoms with E-state index in [-0.39, 0.29) is 11.4 Å². The van der Waals surface area contributed by atoms with Crippen molar-refractivity contribution >= 4 is 22.1 Å². The summed E-state index contributed by atoms with van der Waals surface area (Å²) in [5.74, 6) is 3.16. The second-order valence-corrected chi connectivity index (χ2v) is 13.8. The van der Waals surface area contributed by atoms with E-state index in [2.05, 4.69) is 53.1 Å². The summed E-state index contributed by atoms with van der Waals surface area (Å²) in [5.41, 5.74) is 3.86. The molecule has 3 heterocycles. The summed E-state index contributed by atoms with van der Waals surface area (Å²) in [6, 6.07) is 17.0. The highest BCUT2D eigenvalue weighted by Crippen LogP contribution is 2.61. The molecular weight excluding hydrogens is 470 g/mol. The minimum Gasteiger partial charge on any atom is -0.493 e. The van der Waals surface area contributed by atoms with Gasteiger partial charge < -0.3 is 13.8 Å². The number of benzene rings is 2. The van der Waals surface area contributed by atoms with Crippen molar-refractivity contribution in [3.05, 3.63) is 59.7 Å². The number of unbranched alkanes of at least 4 members (excludes halogenated alkanes) is 1. The fourth-order valence-corrected chi connectivity index (χ4v) is 7.54. The van der Waals surface area contributed by atoms with E-state index in [1.54, 1.807) is 0 Å². The van der Waals surface area contributed by atoms with Crippen LogP contribution >= 0.6 is 10.5 Å². The van der Waals surface area contributed by atoms with Crippen LogP contribution in [0.5, 0.6) is 5.75 Å². The average Bonchev–Trinajstić information content (AvgIpc) is 3.67. The number of hydrogen-bond acceptors (Lipinski definition) is 5. The fourth-order valence-electron chi connectivity index (χ4n) is 6.24. The van der Waals surface area contributed by atoms with Crippen LogP contribution in [0.4, 0.5) is 5.69 Å². The Morgan fingerprint density at radius 1 is 1.22 bits per heavy atom. The summed E-state index contributed by atoms with van der Waals surface area (Å²) in [6.07, 6.45) is 7.58. The molecule has 1 aliphatic carbocycles. The predicted molar refractivity (Wildman–Crippen MR) is 147 cm³/mol. The van der Waals surface area contributed by atoms with Crippen molar-refractivity contribution in [2.45, 2.75) is 50.5 Å². The largest absolute Gasteiger partial charge is 0.493 e. The quantitative estimate of drug-likeness (QED) is 0.464. The van der Waals surface area contributed by atoms with Crippen LogP contribution in [0.2, 0.25) is 0 Å². The number of amides is 1. The lowest BCUT2D eigenvalue weighted by Crippen LogP contribution is -2.45. The first-order valence-electron chi connectivity index (χ1n) is 13.5. The van der Waals surface area contributed by atoms with Gasteiger partial charge in [0.15, 0.2) is 0 Å². The minimum atomic E-state index is -1.01. The van der Waals surface area contributed by atoms with Crippen molar-refractivity contribution in [2.24, 2.45) is 5.92 Å². The first-order chi connectivity index (χ1) is 17.5. The number of fused-ring (bicyclic) bond motifs is 1. The van der Waals surface area contributed by atoms with Gasteiger partial charge in [-0.05, 0) is 60.4 Å². The number of nitrogens with one attached hydrogen (secondary N) is 1. The van der Waals surface area contributed by atoms with Gasteiger partial charge in [0.25, 0.3) is 0 Å². The van der Waals surface area contributed by atoms with Crippen LogP contribution in [0.15, 0.2) is 48.5 Å². The smallest absolute Gasteiger partial charge is 0.241 e. The molecule has 2 aromatic rings. The molecule has 0 bridgehead atoms. The molecule has 2 aromatic carbocycles. The van der Waals surface area contributed by atoms with E-state index in [4.69, 9.17) is 8.92 Å². The topological polar surface area (TPSA) is 57.3 Å². The monoisotopic (exact) mass is 509 g/mol. The SMILES string of the molecule is CCCCN(C(=O)CN1C[C@H](c2ccc3c(c2)CCO3)CC12CC2CNS1(C)CO1)c1ccccc1. The van der Waals surface area contributed by atoms with Crippen molar-refractivity contribution in [3.63, 3.8) is 0 Å². The summed E-state index contributed by atoms with van der Waals surface area (Å²) in [5, 5.41) is 0. The highest BCUT2D eigenvalue weighted by Gasteiger charge is 2.62. The predicted octanol–water partition coefficient (Wildman–Crippen LogP) is 4.84. The van der Waals surface area contributed by atoms with E-state index >= 15 is 0 Å². The maximum Gasteiger partial charge on any atom is 0.241 e. The lowest BCUT2D eigenvalue weighted by atomic mass is 9.93. The zero-order chi connectivity index (χ0) is 24.8. The van der Waals surface area contributed by atoms with Crippen LogP contribution in [-0.2, 0) is 15.4 Å². The van der Waals surface area contributed by atoms with Crippen LogP contribution in [0, 0.1) is 5.92 Å². The van der Waals surface area contributed by atoms with Gasteiger partial charge in [-0.3, -0.25) is 14.4 Å². The first kappa shape index (κ1) is 24.3. The summed E-state index contributed by atoms with van der Waals surface area (Å²) in [6.45, 7) is 6.17. The zero-order valence-electron chi connectivity index (χ0n) is 21.6. The number of anilines is 1. The summed E-state index contributed by atoms with van der Waals surface area (Å²) >= 11 is 0. The van der Waals surface area contributed by atoms with E-state index in [0.29, 0.717) is 18.4 Å². The molecule has 6 rings (SSSR count). The number of nitrogens with zero attached hydrogens (tertiary/aromatic N) is 2. The van der Waals surface area contributed by atoms with Crippen molar-refractivity contribution in [1.29, 1.82) is 0 Å². The number of carbonyl (C=O) groups is 1. The van der Waals surface area contributed by atoms with Gasteiger partial charge in [0.2, 0.25) is 5.91 Å². The number of rotatable bonds is 10. The lowest BCUT2D eigenvalue weighted by molar-refractivity contribution is -0.120. The molecule has 2 saturated heterocycles. The molecule has 1 saturated carbocycles. The van der Waals surface area contributed by atoms with E-state index in [9.17, 15) is 4.79 Å². The third-order valence-corrected chi connectivity index (χ3v) is 10.3. The normalized spacial score (nSPS) is 32.1. The Bertz CT molecular complexity index is 1110. The van der Waals surface area contributed by atoms with E-state index in [1.165, 1.54) is 11.1 Å². The Balaban J connectivity index is 1.21. The number of carbonyl (C=O) groups excluding carboxylic acids is 1. The van der Waals surface area contributed by atoms with E-state index in [1.807, 2.05) is 23.1 Å². The zero-order valence-corrected chi connectivity index (χ0v) is 22.4. The van der Waals surface area contributed by atoms with Crippen LogP contribution in [0.1, 0.15) is 49.7 Å². The van der Waals surface area contributed by atoms with Crippen LogP contribution in [0.25, 0.3) is 0 Å². The van der Waals surface area contributed by atoms with Gasteiger partial charge >= 0.3 is 0 Å². The van der Waals surface area contributed by atoms with Gasteiger partial charge in [0.05, 0.1) is 13.2 Å². The highest BCUT2D eigenvalue weighted by molar-refractivity contribution is 8.32. The Hall–Kier alpha value is -2.06. The molecule has 194 valence electrons. The lowest BCUT2D eigenvalue weighted by Gasteiger charge is -2.29. The molecule has 0 radical (unpaired) electrons. The second kappa shape index (κ2) is 9.67. The average molecular weight is 510 g/mol. The molecule has 7 heteroatoms. The highest BCUT2D eigenvalue weighted by atomic mass is 32.3. The van der Waals surface area contributed by atoms with Crippen molar-refractivity contribution in [3.8, 4) is 5.75 Å². The van der Waals surface area contributed by atoms with Crippen molar-refractivity contribution in [2.75, 3.05) is 49.9 Å². The molecule has 3 unspecified atom stereocenters. The van der Waals surface area contributed by atoms with Gasteiger partial charge in [-0.1, -0.05) is 54.2 Å². The van der Waals surface area contributed by atoms with Crippen LogP contribution < -0.4 is 14.4 Å². The van der Waals surface area contributed by atoms with Crippen LogP contribution in [-0.4, -0.2) is 61.3 Å². The summed E-state index contributed by atoms with van der Waals surface area (Å²) in [4.78, 5) is 18.3. The third-order valence-electron chi connectivity index (χ3n) is 8.59. The number of ether oxygens (including phenoxy) is 1. The summed E-state index contributed by atoms with van der Waals surface area (Å²) in [7, 11) is -1.01. The standard InChI is InChI=1S/C29H39N3O3S/c1-3-4-13-32(26-8-6-5-7-9-26)28(33)20-31-19-24(22-10-11-27-23(15-22)12-14-34-27)16-29(31)17-25(29)18-30-36(2)21-35-36/h5-11,15,24-25,30H,3-4,12-14,16-21H2,1-2H3/t24-,25?,29?/m1/s1. The molecule has 1 spiro atoms. The molecule has 3 aliphatic heterocycles. The second-order valence-electron chi connectivity index (χ2n) is 11.1. The number of para-hydroxylation sites is 1. The van der Waals surface area contributed by atoms with Crippen LogP contribution in [0.3, 0.4) is 0 Å². The first-order valence-corrected chi connectivity index (χ1v) is 15.6. The summed E-state index contributed by atoms with van der Waals surface area (Å²) < 4.78 is 15.1. The number of hydrogen-bond donors (Lipinski definition) is 1. The van der Waals surface area contributed by atoms with Gasteiger partial charge in [-0.25, -0.2) is 0 Å². The van der Waals surface area contributed by atoms with Gasteiger partial charge in [0.1, 0.15) is 11.7 Å². The maximum atomic E-state index is 13.8. The number of likely N-dealkylation sites (tertiary alicyclic amines) is 1. The van der Waals surface area contributed by atoms with Gasteiger partial charge in [-0.2, -0.15) is 0 Å². The molecule has 0 aromatic heterocycles. The Kier molecular flexibility index (Phi) is 6.53.